The van der Waals surface area contributed by atoms with Crippen LogP contribution in [0.25, 0.3) is 0 Å². The van der Waals surface area contributed by atoms with E-state index in [0.29, 0.717) is 6.04 Å². The van der Waals surface area contributed by atoms with E-state index in [2.05, 4.69) is 53.0 Å². The quantitative estimate of drug-likeness (QED) is 0.709. The molecule has 112 valence electrons. The Labute approximate surface area is 139 Å². The summed E-state index contributed by atoms with van der Waals surface area (Å²) in [6.45, 7) is 3.03. The van der Waals surface area contributed by atoms with Gasteiger partial charge in [-0.1, -0.05) is 39.7 Å². The molecule has 1 atom stereocenters. The lowest BCUT2D eigenvalue weighted by atomic mass is 10.1. The van der Waals surface area contributed by atoms with Crippen molar-refractivity contribution in [2.45, 2.75) is 19.5 Å². The van der Waals surface area contributed by atoms with Crippen LogP contribution in [0.15, 0.2) is 46.9 Å². The molecule has 0 saturated heterocycles. The van der Waals surface area contributed by atoms with Crippen LogP contribution in [0.1, 0.15) is 24.1 Å². The first kappa shape index (κ1) is 16.3. The SMILES string of the molecule is COc1ccc(Br)c(CN(C)C(C)c2ccc(Cl)cc2)c1. The smallest absolute Gasteiger partial charge is 0.119 e. The summed E-state index contributed by atoms with van der Waals surface area (Å²) < 4.78 is 6.39. The van der Waals surface area contributed by atoms with Crippen LogP contribution >= 0.6 is 27.5 Å². The molecule has 0 aliphatic heterocycles. The molecule has 0 heterocycles. The van der Waals surface area contributed by atoms with Gasteiger partial charge in [-0.15, -0.1) is 0 Å². The summed E-state index contributed by atoms with van der Waals surface area (Å²) in [5.41, 5.74) is 2.46. The van der Waals surface area contributed by atoms with Crippen molar-refractivity contribution in [3.8, 4) is 5.75 Å². The van der Waals surface area contributed by atoms with E-state index in [0.717, 1.165) is 21.8 Å². The van der Waals surface area contributed by atoms with Crippen LogP contribution in [0.4, 0.5) is 0 Å². The van der Waals surface area contributed by atoms with Crippen LogP contribution in [0, 0.1) is 0 Å². The Morgan fingerprint density at radius 1 is 1.19 bits per heavy atom. The number of ether oxygens (including phenoxy) is 1. The molecule has 4 heteroatoms. The van der Waals surface area contributed by atoms with Gasteiger partial charge in [0.05, 0.1) is 7.11 Å². The summed E-state index contributed by atoms with van der Waals surface area (Å²) in [5, 5.41) is 0.768. The minimum absolute atomic E-state index is 0.306. The lowest BCUT2D eigenvalue weighted by Gasteiger charge is -2.26. The molecule has 2 aromatic rings. The van der Waals surface area contributed by atoms with Crippen molar-refractivity contribution in [1.29, 1.82) is 0 Å². The highest BCUT2D eigenvalue weighted by atomic mass is 79.9. The maximum absolute atomic E-state index is 5.95. The first-order chi connectivity index (χ1) is 10.0. The molecule has 0 aromatic heterocycles. The lowest BCUT2D eigenvalue weighted by molar-refractivity contribution is 0.252. The number of hydrogen-bond donors (Lipinski definition) is 0. The Bertz CT molecular complexity index is 600. The Morgan fingerprint density at radius 3 is 2.48 bits per heavy atom. The number of halogens is 2. The summed E-state index contributed by atoms with van der Waals surface area (Å²) in [6.07, 6.45) is 0. The summed E-state index contributed by atoms with van der Waals surface area (Å²) in [7, 11) is 3.80. The monoisotopic (exact) mass is 367 g/mol. The van der Waals surface area contributed by atoms with Crippen LogP contribution in [-0.4, -0.2) is 19.1 Å². The van der Waals surface area contributed by atoms with E-state index in [4.69, 9.17) is 16.3 Å². The average Bonchev–Trinajstić information content (AvgIpc) is 2.49. The predicted octanol–water partition coefficient (Wildman–Crippen LogP) is 5.30. The molecule has 1 unspecified atom stereocenters. The molecule has 0 saturated carbocycles. The number of rotatable bonds is 5. The Balaban J connectivity index is 2.13. The van der Waals surface area contributed by atoms with Gasteiger partial charge in [-0.25, -0.2) is 0 Å². The van der Waals surface area contributed by atoms with Crippen molar-refractivity contribution in [3.63, 3.8) is 0 Å². The van der Waals surface area contributed by atoms with Crippen LogP contribution in [0.5, 0.6) is 5.75 Å². The highest BCUT2D eigenvalue weighted by Gasteiger charge is 2.13. The van der Waals surface area contributed by atoms with Gasteiger partial charge in [0.2, 0.25) is 0 Å². The zero-order valence-corrected chi connectivity index (χ0v) is 14.8. The molecule has 2 nitrogen and oxygen atoms in total. The van der Waals surface area contributed by atoms with E-state index < -0.39 is 0 Å². The van der Waals surface area contributed by atoms with Gasteiger partial charge < -0.3 is 4.74 Å². The molecule has 0 radical (unpaired) electrons. The van der Waals surface area contributed by atoms with Gasteiger partial charge in [0.1, 0.15) is 5.75 Å². The fourth-order valence-electron chi connectivity index (χ4n) is 2.20. The number of nitrogens with zero attached hydrogens (tertiary/aromatic N) is 1. The zero-order valence-electron chi connectivity index (χ0n) is 12.4. The van der Waals surface area contributed by atoms with Gasteiger partial charge in [-0.2, -0.15) is 0 Å². The van der Waals surface area contributed by atoms with Crippen molar-refractivity contribution >= 4 is 27.5 Å². The van der Waals surface area contributed by atoms with Gasteiger partial charge in [0.15, 0.2) is 0 Å². The minimum Gasteiger partial charge on any atom is -0.497 e. The van der Waals surface area contributed by atoms with E-state index in [1.165, 1.54) is 11.1 Å². The zero-order chi connectivity index (χ0) is 15.4. The Hall–Kier alpha value is -1.03. The van der Waals surface area contributed by atoms with Gasteiger partial charge in [-0.3, -0.25) is 4.90 Å². The molecule has 0 aliphatic rings. The lowest BCUT2D eigenvalue weighted by Crippen LogP contribution is -2.22. The van der Waals surface area contributed by atoms with Crippen LogP contribution < -0.4 is 4.74 Å². The van der Waals surface area contributed by atoms with E-state index in [1.807, 2.05) is 24.3 Å². The molecule has 2 aromatic carbocycles. The Morgan fingerprint density at radius 2 is 1.86 bits per heavy atom. The van der Waals surface area contributed by atoms with E-state index >= 15 is 0 Å². The molecule has 0 fully saturated rings. The van der Waals surface area contributed by atoms with Crippen molar-refractivity contribution in [2.75, 3.05) is 14.2 Å². The molecule has 0 aliphatic carbocycles. The van der Waals surface area contributed by atoms with Crippen molar-refractivity contribution in [1.82, 2.24) is 4.90 Å². The number of benzene rings is 2. The van der Waals surface area contributed by atoms with E-state index in [1.54, 1.807) is 7.11 Å². The second-order valence-corrected chi connectivity index (χ2v) is 6.39. The van der Waals surface area contributed by atoms with E-state index in [-0.39, 0.29) is 0 Å². The first-order valence-corrected chi connectivity index (χ1v) is 7.96. The molecule has 0 spiro atoms. The number of methoxy groups -OCH3 is 1. The molecular weight excluding hydrogens is 350 g/mol. The molecule has 2 rings (SSSR count). The topological polar surface area (TPSA) is 12.5 Å². The molecule has 21 heavy (non-hydrogen) atoms. The predicted molar refractivity (Wildman–Crippen MR) is 92.0 cm³/mol. The molecule has 0 N–H and O–H groups in total. The van der Waals surface area contributed by atoms with Gasteiger partial charge in [0.25, 0.3) is 0 Å². The third-order valence-electron chi connectivity index (χ3n) is 3.69. The normalized spacial score (nSPS) is 12.5. The summed E-state index contributed by atoms with van der Waals surface area (Å²) >= 11 is 9.55. The standard InChI is InChI=1S/C17H19BrClNO/c1-12(13-4-6-15(19)7-5-13)20(2)11-14-10-16(21-3)8-9-17(14)18/h4-10,12H,11H2,1-3H3. The van der Waals surface area contributed by atoms with Crippen molar-refractivity contribution in [3.05, 3.63) is 63.1 Å². The number of hydrogen-bond acceptors (Lipinski definition) is 2. The highest BCUT2D eigenvalue weighted by Crippen LogP contribution is 2.27. The largest absolute Gasteiger partial charge is 0.497 e. The summed E-state index contributed by atoms with van der Waals surface area (Å²) in [4.78, 5) is 2.29. The van der Waals surface area contributed by atoms with Gasteiger partial charge in [0, 0.05) is 22.1 Å². The fourth-order valence-corrected chi connectivity index (χ4v) is 2.70. The van der Waals surface area contributed by atoms with Crippen LogP contribution in [-0.2, 0) is 6.54 Å². The molecule has 0 amide bonds. The molecular formula is C17H19BrClNO. The van der Waals surface area contributed by atoms with Crippen molar-refractivity contribution in [2.24, 2.45) is 0 Å². The Kier molecular flexibility index (Phi) is 5.68. The third-order valence-corrected chi connectivity index (χ3v) is 4.71. The third kappa shape index (κ3) is 4.22. The van der Waals surface area contributed by atoms with Crippen molar-refractivity contribution < 1.29 is 4.74 Å². The van der Waals surface area contributed by atoms with Gasteiger partial charge >= 0.3 is 0 Å². The summed E-state index contributed by atoms with van der Waals surface area (Å²) in [5.74, 6) is 0.876. The maximum Gasteiger partial charge on any atom is 0.119 e. The van der Waals surface area contributed by atoms with Gasteiger partial charge in [-0.05, 0) is 55.4 Å². The molecule has 0 bridgehead atoms. The first-order valence-electron chi connectivity index (χ1n) is 6.79. The van der Waals surface area contributed by atoms with Crippen LogP contribution in [0.3, 0.4) is 0 Å². The second-order valence-electron chi connectivity index (χ2n) is 5.10. The highest BCUT2D eigenvalue weighted by molar-refractivity contribution is 9.10. The average molecular weight is 369 g/mol. The maximum atomic E-state index is 5.95. The fraction of sp³-hybridized carbons (Fsp3) is 0.294. The second kappa shape index (κ2) is 7.30. The summed E-state index contributed by atoms with van der Waals surface area (Å²) in [6, 6.07) is 14.4. The van der Waals surface area contributed by atoms with E-state index in [9.17, 15) is 0 Å². The minimum atomic E-state index is 0.306. The van der Waals surface area contributed by atoms with Crippen LogP contribution in [0.2, 0.25) is 5.02 Å².